The molecule has 0 saturated heterocycles. The average Bonchev–Trinajstić information content (AvgIpc) is 3.43. The molecule has 4 rings (SSSR count). The molecule has 1 N–H and O–H groups in total. The van der Waals surface area contributed by atoms with Gasteiger partial charge in [-0.05, 0) is 38.1 Å². The van der Waals surface area contributed by atoms with E-state index >= 15 is 0 Å². The van der Waals surface area contributed by atoms with Crippen LogP contribution in [-0.2, 0) is 4.79 Å². The zero-order valence-corrected chi connectivity index (χ0v) is 17.0. The molecule has 8 heteroatoms. The summed E-state index contributed by atoms with van der Waals surface area (Å²) in [6.45, 7) is 3.71. The van der Waals surface area contributed by atoms with E-state index in [4.69, 9.17) is 4.74 Å². The van der Waals surface area contributed by atoms with Gasteiger partial charge in [-0.2, -0.15) is 0 Å². The van der Waals surface area contributed by atoms with Crippen molar-refractivity contribution in [2.45, 2.75) is 19.9 Å². The summed E-state index contributed by atoms with van der Waals surface area (Å²) in [6.07, 6.45) is 5.43. The minimum Gasteiger partial charge on any atom is -0.495 e. The number of para-hydroxylation sites is 1. The zero-order valence-electron chi connectivity index (χ0n) is 17.0. The van der Waals surface area contributed by atoms with Crippen LogP contribution in [0, 0.1) is 6.92 Å². The molecule has 30 heavy (non-hydrogen) atoms. The van der Waals surface area contributed by atoms with Crippen molar-refractivity contribution in [3.05, 3.63) is 72.9 Å². The van der Waals surface area contributed by atoms with Crippen LogP contribution in [-0.4, -0.2) is 37.6 Å². The van der Waals surface area contributed by atoms with E-state index in [-0.39, 0.29) is 5.91 Å². The molecule has 1 amide bonds. The standard InChI is InChI=1S/C22H22N6O2/c1-15-12-27(14-23-15)20-10-9-17(11-21(20)30-3)19-13-28(26-25-19)16(2)22(29)24-18-7-5-4-6-8-18/h4-14,16H,1-3H3,(H,24,29). The predicted molar refractivity (Wildman–Crippen MR) is 114 cm³/mol. The lowest BCUT2D eigenvalue weighted by Gasteiger charge is -2.12. The highest BCUT2D eigenvalue weighted by molar-refractivity contribution is 5.93. The van der Waals surface area contributed by atoms with Crippen molar-refractivity contribution in [3.8, 4) is 22.7 Å². The van der Waals surface area contributed by atoms with E-state index in [2.05, 4.69) is 20.6 Å². The van der Waals surface area contributed by atoms with Crippen LogP contribution in [0.1, 0.15) is 18.7 Å². The van der Waals surface area contributed by atoms with E-state index in [0.717, 1.165) is 22.6 Å². The highest BCUT2D eigenvalue weighted by Crippen LogP contribution is 2.29. The van der Waals surface area contributed by atoms with Crippen molar-refractivity contribution in [2.24, 2.45) is 0 Å². The second-order valence-electron chi connectivity index (χ2n) is 6.92. The summed E-state index contributed by atoms with van der Waals surface area (Å²) in [7, 11) is 1.62. The molecule has 4 aromatic rings. The first-order valence-corrected chi connectivity index (χ1v) is 9.52. The number of hydrogen-bond donors (Lipinski definition) is 1. The van der Waals surface area contributed by atoms with Crippen LogP contribution in [0.4, 0.5) is 5.69 Å². The Morgan fingerprint density at radius 1 is 1.13 bits per heavy atom. The quantitative estimate of drug-likeness (QED) is 0.532. The van der Waals surface area contributed by atoms with Gasteiger partial charge < -0.3 is 14.6 Å². The fourth-order valence-corrected chi connectivity index (χ4v) is 3.09. The van der Waals surface area contributed by atoms with Gasteiger partial charge in [-0.25, -0.2) is 9.67 Å². The Bertz CT molecular complexity index is 1170. The topological polar surface area (TPSA) is 86.9 Å². The van der Waals surface area contributed by atoms with Crippen LogP contribution in [0.3, 0.4) is 0 Å². The van der Waals surface area contributed by atoms with Crippen LogP contribution in [0.25, 0.3) is 16.9 Å². The van der Waals surface area contributed by atoms with Gasteiger partial charge in [0.25, 0.3) is 0 Å². The molecule has 0 spiro atoms. The summed E-state index contributed by atoms with van der Waals surface area (Å²) in [5.41, 5.74) is 4.04. The monoisotopic (exact) mass is 402 g/mol. The van der Waals surface area contributed by atoms with Crippen molar-refractivity contribution in [3.63, 3.8) is 0 Å². The van der Waals surface area contributed by atoms with Gasteiger partial charge >= 0.3 is 0 Å². The number of imidazole rings is 1. The van der Waals surface area contributed by atoms with Gasteiger partial charge in [-0.15, -0.1) is 5.10 Å². The normalized spacial score (nSPS) is 11.8. The zero-order chi connectivity index (χ0) is 21.1. The minimum absolute atomic E-state index is 0.166. The number of ether oxygens (including phenoxy) is 1. The number of hydrogen-bond acceptors (Lipinski definition) is 5. The Labute approximate surface area is 174 Å². The lowest BCUT2D eigenvalue weighted by Crippen LogP contribution is -2.24. The number of benzene rings is 2. The molecule has 0 aliphatic carbocycles. The molecule has 152 valence electrons. The lowest BCUT2D eigenvalue weighted by molar-refractivity contribution is -0.119. The maximum atomic E-state index is 12.5. The molecule has 0 bridgehead atoms. The molecule has 0 fully saturated rings. The van der Waals surface area contributed by atoms with E-state index in [1.165, 1.54) is 0 Å². The van der Waals surface area contributed by atoms with Crippen LogP contribution in [0.2, 0.25) is 0 Å². The van der Waals surface area contributed by atoms with Crippen molar-refractivity contribution in [1.29, 1.82) is 0 Å². The number of methoxy groups -OCH3 is 1. The maximum Gasteiger partial charge on any atom is 0.249 e. The maximum absolute atomic E-state index is 12.5. The van der Waals surface area contributed by atoms with Gasteiger partial charge in [0.15, 0.2) is 0 Å². The third kappa shape index (κ3) is 3.93. The van der Waals surface area contributed by atoms with Crippen LogP contribution in [0.15, 0.2) is 67.3 Å². The number of nitrogens with one attached hydrogen (secondary N) is 1. The lowest BCUT2D eigenvalue weighted by atomic mass is 10.1. The van der Waals surface area contributed by atoms with E-state index in [1.54, 1.807) is 31.2 Å². The van der Waals surface area contributed by atoms with Crippen molar-refractivity contribution in [2.75, 3.05) is 12.4 Å². The van der Waals surface area contributed by atoms with E-state index in [1.807, 2.05) is 66.2 Å². The molecule has 0 radical (unpaired) electrons. The van der Waals surface area contributed by atoms with Gasteiger partial charge in [0.2, 0.25) is 5.91 Å². The van der Waals surface area contributed by atoms with Crippen molar-refractivity contribution >= 4 is 11.6 Å². The van der Waals surface area contributed by atoms with Crippen LogP contribution < -0.4 is 10.1 Å². The number of anilines is 1. The molecule has 0 aliphatic rings. The third-order valence-electron chi connectivity index (χ3n) is 4.79. The third-order valence-corrected chi connectivity index (χ3v) is 4.79. The van der Waals surface area contributed by atoms with E-state index < -0.39 is 6.04 Å². The van der Waals surface area contributed by atoms with Crippen LogP contribution in [0.5, 0.6) is 5.75 Å². The summed E-state index contributed by atoms with van der Waals surface area (Å²) in [4.78, 5) is 16.8. The van der Waals surface area contributed by atoms with Gasteiger partial charge in [-0.1, -0.05) is 29.5 Å². The molecule has 2 heterocycles. The SMILES string of the molecule is COc1cc(-c2cn(C(C)C(=O)Nc3ccccc3)nn2)ccc1-n1cnc(C)c1. The largest absolute Gasteiger partial charge is 0.495 e. The minimum atomic E-state index is -0.512. The molecule has 8 nitrogen and oxygen atoms in total. The molecule has 1 unspecified atom stereocenters. The molecule has 1 atom stereocenters. The number of amides is 1. The molecular formula is C22H22N6O2. The fraction of sp³-hybridized carbons (Fsp3) is 0.182. The molecule has 2 aromatic heterocycles. The summed E-state index contributed by atoms with van der Waals surface area (Å²) < 4.78 is 9.02. The summed E-state index contributed by atoms with van der Waals surface area (Å²) in [6, 6.07) is 14.6. The second-order valence-corrected chi connectivity index (χ2v) is 6.92. The first-order valence-electron chi connectivity index (χ1n) is 9.52. The van der Waals surface area contributed by atoms with Crippen LogP contribution >= 0.6 is 0 Å². The molecule has 0 saturated carbocycles. The highest BCUT2D eigenvalue weighted by atomic mass is 16.5. The molecular weight excluding hydrogens is 380 g/mol. The number of carbonyl (C=O) groups excluding carboxylic acids is 1. The van der Waals surface area contributed by atoms with E-state index in [0.29, 0.717) is 11.4 Å². The Morgan fingerprint density at radius 2 is 1.93 bits per heavy atom. The number of aromatic nitrogens is 5. The van der Waals surface area contributed by atoms with Gasteiger partial charge in [0.05, 0.1) is 31.0 Å². The average molecular weight is 402 g/mol. The highest BCUT2D eigenvalue weighted by Gasteiger charge is 2.18. The molecule has 2 aromatic carbocycles. The first kappa shape index (κ1) is 19.4. The smallest absolute Gasteiger partial charge is 0.249 e. The Hall–Kier alpha value is -3.94. The van der Waals surface area contributed by atoms with Gasteiger partial charge in [0.1, 0.15) is 17.5 Å². The summed E-state index contributed by atoms with van der Waals surface area (Å²) >= 11 is 0. The summed E-state index contributed by atoms with van der Waals surface area (Å²) in [5.74, 6) is 0.523. The first-order chi connectivity index (χ1) is 14.5. The Balaban J connectivity index is 1.55. The molecule has 0 aliphatic heterocycles. The van der Waals surface area contributed by atoms with Gasteiger partial charge in [-0.3, -0.25) is 4.79 Å². The number of nitrogens with zero attached hydrogens (tertiary/aromatic N) is 5. The van der Waals surface area contributed by atoms with Crippen molar-refractivity contribution < 1.29 is 9.53 Å². The number of carbonyl (C=O) groups is 1. The van der Waals surface area contributed by atoms with Crippen molar-refractivity contribution in [1.82, 2.24) is 24.5 Å². The van der Waals surface area contributed by atoms with Gasteiger partial charge in [0, 0.05) is 17.4 Å². The Kier molecular flexibility index (Phi) is 5.30. The number of aryl methyl sites for hydroxylation is 1. The van der Waals surface area contributed by atoms with E-state index in [9.17, 15) is 4.79 Å². The second kappa shape index (κ2) is 8.20. The Morgan fingerprint density at radius 3 is 2.63 bits per heavy atom. The predicted octanol–water partition coefficient (Wildman–Crippen LogP) is 3.65. The number of rotatable bonds is 6. The summed E-state index contributed by atoms with van der Waals surface area (Å²) in [5, 5.41) is 11.3. The fourth-order valence-electron chi connectivity index (χ4n) is 3.09.